The van der Waals surface area contributed by atoms with Crippen molar-refractivity contribution in [2.75, 3.05) is 14.2 Å². The van der Waals surface area contributed by atoms with Crippen LogP contribution in [0.4, 0.5) is 0 Å². The first-order valence-electron chi connectivity index (χ1n) is 5.57. The average Bonchev–Trinajstić information content (AvgIpc) is 2.79. The number of imidazole rings is 1. The van der Waals surface area contributed by atoms with E-state index in [0.29, 0.717) is 5.75 Å². The zero-order valence-corrected chi connectivity index (χ0v) is 11.5. The molecule has 2 rings (SSSR count). The summed E-state index contributed by atoms with van der Waals surface area (Å²) in [6, 6.07) is 5.72. The van der Waals surface area contributed by atoms with Gasteiger partial charge in [-0.2, -0.15) is 12.6 Å². The predicted octanol–water partition coefficient (Wildman–Crippen LogP) is 2.83. The molecule has 0 fully saturated rings. The van der Waals surface area contributed by atoms with E-state index < -0.39 is 0 Å². The smallest absolute Gasteiger partial charge is 0.123 e. The summed E-state index contributed by atoms with van der Waals surface area (Å²) in [5, 5.41) is 0. The van der Waals surface area contributed by atoms with Gasteiger partial charge >= 0.3 is 0 Å². The number of hydrogen-bond donors (Lipinski definition) is 2. The van der Waals surface area contributed by atoms with Crippen LogP contribution in [0, 0.1) is 6.92 Å². The van der Waals surface area contributed by atoms with Crippen molar-refractivity contribution in [2.24, 2.45) is 0 Å². The zero-order chi connectivity index (χ0) is 13.1. The molecule has 0 aliphatic heterocycles. The number of aromatic amines is 1. The van der Waals surface area contributed by atoms with Crippen molar-refractivity contribution >= 4 is 12.6 Å². The van der Waals surface area contributed by atoms with Gasteiger partial charge in [0.1, 0.15) is 17.3 Å². The number of nitrogens with zero attached hydrogens (tertiary/aromatic N) is 1. The Balaban J connectivity index is 2.51. The van der Waals surface area contributed by atoms with Crippen LogP contribution in [-0.2, 0) is 5.75 Å². The molecule has 2 aromatic rings. The van der Waals surface area contributed by atoms with Gasteiger partial charge in [0, 0.05) is 23.1 Å². The zero-order valence-electron chi connectivity index (χ0n) is 10.7. The topological polar surface area (TPSA) is 47.1 Å². The van der Waals surface area contributed by atoms with Crippen LogP contribution in [-0.4, -0.2) is 24.2 Å². The fourth-order valence-electron chi connectivity index (χ4n) is 1.82. The number of aromatic nitrogens is 2. The SMILES string of the molecule is COc1cc(OC)cc(-c2nc(CS)[nH]c2C)c1. The molecule has 0 unspecified atom stereocenters. The highest BCUT2D eigenvalue weighted by atomic mass is 32.1. The highest BCUT2D eigenvalue weighted by Crippen LogP contribution is 2.30. The van der Waals surface area contributed by atoms with Crippen LogP contribution in [0.5, 0.6) is 11.5 Å². The van der Waals surface area contributed by atoms with E-state index in [1.807, 2.05) is 25.1 Å². The molecule has 18 heavy (non-hydrogen) atoms. The summed E-state index contributed by atoms with van der Waals surface area (Å²) in [7, 11) is 3.27. The number of methoxy groups -OCH3 is 2. The number of thiol groups is 1. The standard InChI is InChI=1S/C13H16N2O2S/c1-8-13(15-12(7-18)14-8)9-4-10(16-2)6-11(5-9)17-3/h4-6,18H,7H2,1-3H3,(H,14,15). The highest BCUT2D eigenvalue weighted by Gasteiger charge is 2.11. The molecular weight excluding hydrogens is 248 g/mol. The van der Waals surface area contributed by atoms with E-state index in [0.717, 1.165) is 34.3 Å². The third-order valence-corrected chi connectivity index (χ3v) is 3.01. The molecule has 5 heteroatoms. The number of nitrogens with one attached hydrogen (secondary N) is 1. The van der Waals surface area contributed by atoms with Crippen LogP contribution >= 0.6 is 12.6 Å². The molecule has 0 amide bonds. The molecule has 1 N–H and O–H groups in total. The molecule has 0 saturated heterocycles. The molecule has 96 valence electrons. The Morgan fingerprint density at radius 1 is 1.17 bits per heavy atom. The molecule has 0 bridgehead atoms. The first kappa shape index (κ1) is 12.8. The second-order valence-electron chi connectivity index (χ2n) is 3.92. The van der Waals surface area contributed by atoms with E-state index in [4.69, 9.17) is 9.47 Å². The van der Waals surface area contributed by atoms with Crippen molar-refractivity contribution in [1.82, 2.24) is 9.97 Å². The largest absolute Gasteiger partial charge is 0.497 e. The van der Waals surface area contributed by atoms with Crippen molar-refractivity contribution in [3.63, 3.8) is 0 Å². The lowest BCUT2D eigenvalue weighted by Crippen LogP contribution is -1.90. The summed E-state index contributed by atoms with van der Waals surface area (Å²) < 4.78 is 10.5. The first-order chi connectivity index (χ1) is 8.67. The molecule has 0 spiro atoms. The van der Waals surface area contributed by atoms with Gasteiger partial charge in [-0.15, -0.1) is 0 Å². The minimum atomic E-state index is 0.585. The summed E-state index contributed by atoms with van der Waals surface area (Å²) in [6.07, 6.45) is 0. The number of H-pyrrole nitrogens is 1. The fraction of sp³-hybridized carbons (Fsp3) is 0.308. The van der Waals surface area contributed by atoms with Crippen LogP contribution < -0.4 is 9.47 Å². The van der Waals surface area contributed by atoms with Crippen molar-refractivity contribution < 1.29 is 9.47 Å². The van der Waals surface area contributed by atoms with E-state index >= 15 is 0 Å². The number of rotatable bonds is 4. The van der Waals surface area contributed by atoms with Gasteiger partial charge in [0.15, 0.2) is 0 Å². The summed E-state index contributed by atoms with van der Waals surface area (Å²) in [4.78, 5) is 7.70. The van der Waals surface area contributed by atoms with Gasteiger partial charge in [0.25, 0.3) is 0 Å². The molecule has 0 aliphatic carbocycles. The monoisotopic (exact) mass is 264 g/mol. The normalized spacial score (nSPS) is 10.4. The van der Waals surface area contributed by atoms with Gasteiger partial charge in [-0.25, -0.2) is 4.98 Å². The highest BCUT2D eigenvalue weighted by molar-refractivity contribution is 7.79. The van der Waals surface area contributed by atoms with Crippen LogP contribution in [0.3, 0.4) is 0 Å². The molecule has 4 nitrogen and oxygen atoms in total. The van der Waals surface area contributed by atoms with E-state index in [-0.39, 0.29) is 0 Å². The van der Waals surface area contributed by atoms with Gasteiger partial charge in [0.05, 0.1) is 19.9 Å². The number of hydrogen-bond acceptors (Lipinski definition) is 4. The molecule has 1 heterocycles. The molecule has 0 radical (unpaired) electrons. The lowest BCUT2D eigenvalue weighted by molar-refractivity contribution is 0.394. The summed E-state index contributed by atoms with van der Waals surface area (Å²) in [5.74, 6) is 2.94. The molecule has 1 aromatic carbocycles. The Hall–Kier alpha value is -1.62. The van der Waals surface area contributed by atoms with Gasteiger partial charge in [-0.05, 0) is 19.1 Å². The van der Waals surface area contributed by atoms with Crippen molar-refractivity contribution in [3.8, 4) is 22.8 Å². The quantitative estimate of drug-likeness (QED) is 0.835. The van der Waals surface area contributed by atoms with Crippen LogP contribution in [0.25, 0.3) is 11.3 Å². The second kappa shape index (κ2) is 5.35. The second-order valence-corrected chi connectivity index (χ2v) is 4.23. The van der Waals surface area contributed by atoms with Crippen molar-refractivity contribution in [2.45, 2.75) is 12.7 Å². The van der Waals surface area contributed by atoms with Crippen LogP contribution in [0.1, 0.15) is 11.5 Å². The van der Waals surface area contributed by atoms with Crippen molar-refractivity contribution in [1.29, 1.82) is 0 Å². The van der Waals surface area contributed by atoms with Gasteiger partial charge in [-0.1, -0.05) is 0 Å². The maximum atomic E-state index is 5.26. The number of aryl methyl sites for hydroxylation is 1. The fourth-order valence-corrected chi connectivity index (χ4v) is 1.97. The van der Waals surface area contributed by atoms with Crippen LogP contribution in [0.2, 0.25) is 0 Å². The number of ether oxygens (including phenoxy) is 2. The Kier molecular flexibility index (Phi) is 3.81. The maximum absolute atomic E-state index is 5.26. The van der Waals surface area contributed by atoms with Gasteiger partial charge < -0.3 is 14.5 Å². The third-order valence-electron chi connectivity index (χ3n) is 2.71. The van der Waals surface area contributed by atoms with Gasteiger partial charge in [0.2, 0.25) is 0 Å². The Labute approximate surface area is 112 Å². The van der Waals surface area contributed by atoms with E-state index in [1.54, 1.807) is 14.2 Å². The molecule has 0 aliphatic rings. The Morgan fingerprint density at radius 3 is 2.22 bits per heavy atom. The van der Waals surface area contributed by atoms with Crippen molar-refractivity contribution in [3.05, 3.63) is 29.7 Å². The van der Waals surface area contributed by atoms with E-state index in [2.05, 4.69) is 22.6 Å². The minimum Gasteiger partial charge on any atom is -0.497 e. The number of benzene rings is 1. The lowest BCUT2D eigenvalue weighted by atomic mass is 10.1. The average molecular weight is 264 g/mol. The van der Waals surface area contributed by atoms with E-state index in [1.165, 1.54) is 0 Å². The first-order valence-corrected chi connectivity index (χ1v) is 6.21. The molecule has 0 atom stereocenters. The molecular formula is C13H16N2O2S. The minimum absolute atomic E-state index is 0.585. The molecule has 0 saturated carbocycles. The predicted molar refractivity (Wildman–Crippen MR) is 74.6 cm³/mol. The maximum Gasteiger partial charge on any atom is 0.123 e. The molecule has 1 aromatic heterocycles. The van der Waals surface area contributed by atoms with Crippen LogP contribution in [0.15, 0.2) is 18.2 Å². The Morgan fingerprint density at radius 2 is 1.78 bits per heavy atom. The summed E-state index contributed by atoms with van der Waals surface area (Å²) in [5.41, 5.74) is 2.87. The van der Waals surface area contributed by atoms with E-state index in [9.17, 15) is 0 Å². The third kappa shape index (κ3) is 2.46. The van der Waals surface area contributed by atoms with Gasteiger partial charge in [-0.3, -0.25) is 0 Å². The summed E-state index contributed by atoms with van der Waals surface area (Å²) in [6.45, 7) is 1.99. The summed E-state index contributed by atoms with van der Waals surface area (Å²) >= 11 is 4.22. The Bertz CT molecular complexity index is 530. The lowest BCUT2D eigenvalue weighted by Gasteiger charge is -2.07.